The summed E-state index contributed by atoms with van der Waals surface area (Å²) in [6.45, 7) is 5.45. The van der Waals surface area contributed by atoms with Gasteiger partial charge < -0.3 is 15.4 Å². The second kappa shape index (κ2) is 8.08. The monoisotopic (exact) mass is 270 g/mol. The van der Waals surface area contributed by atoms with Gasteiger partial charge in [-0.15, -0.1) is 0 Å². The molecule has 4 nitrogen and oxygen atoms in total. The average molecular weight is 271 g/mol. The first kappa shape index (κ1) is 15.0. The minimum absolute atomic E-state index is 0.0579. The van der Waals surface area contributed by atoms with E-state index in [9.17, 15) is 4.79 Å². The highest BCUT2D eigenvalue weighted by atomic mass is 35.5. The molecule has 0 radical (unpaired) electrons. The maximum absolute atomic E-state index is 11.5. The van der Waals surface area contributed by atoms with Crippen molar-refractivity contribution in [3.63, 3.8) is 0 Å². The largest absolute Gasteiger partial charge is 0.370 e. The number of hydrogen-bond donors (Lipinski definition) is 2. The molecule has 0 aromatic heterocycles. The van der Waals surface area contributed by atoms with E-state index in [0.29, 0.717) is 23.4 Å². The van der Waals surface area contributed by atoms with Crippen LogP contribution in [0.25, 0.3) is 0 Å². The Morgan fingerprint density at radius 3 is 2.61 bits per heavy atom. The maximum Gasteiger partial charge on any atom is 0.250 e. The molecule has 0 spiro atoms. The second-order valence-electron chi connectivity index (χ2n) is 4.22. The Kier molecular flexibility index (Phi) is 6.72. The van der Waals surface area contributed by atoms with Crippen LogP contribution >= 0.6 is 11.6 Å². The lowest BCUT2D eigenvalue weighted by molar-refractivity contribution is -0.120. The fraction of sp³-hybridized carbons (Fsp3) is 0.462. The summed E-state index contributed by atoms with van der Waals surface area (Å²) in [6, 6.07) is 7.38. The van der Waals surface area contributed by atoms with E-state index in [-0.39, 0.29) is 12.5 Å². The van der Waals surface area contributed by atoms with Crippen molar-refractivity contribution in [3.05, 3.63) is 29.3 Å². The molecule has 0 aliphatic heterocycles. The lowest BCUT2D eigenvalue weighted by Gasteiger charge is -2.09. The Morgan fingerprint density at radius 2 is 2.00 bits per heavy atom. The Hall–Kier alpha value is -1.10. The van der Waals surface area contributed by atoms with E-state index in [0.717, 1.165) is 6.54 Å². The highest BCUT2D eigenvalue weighted by Gasteiger charge is 2.02. The summed E-state index contributed by atoms with van der Waals surface area (Å²) in [6.07, 6.45) is 0. The van der Waals surface area contributed by atoms with Gasteiger partial charge in [-0.05, 0) is 24.3 Å². The maximum atomic E-state index is 11.5. The number of rotatable bonds is 7. The van der Waals surface area contributed by atoms with Crippen molar-refractivity contribution in [2.24, 2.45) is 0 Å². The molecule has 2 N–H and O–H groups in total. The molecule has 1 amide bonds. The standard InChI is InChI=1S/C13H19ClN2O2/c1-10(2)15-7-8-18-9-13(17)16-12-5-3-11(14)4-6-12/h3-6,10,15H,7-9H2,1-2H3,(H,16,17). The fourth-order valence-electron chi connectivity index (χ4n) is 1.31. The van der Waals surface area contributed by atoms with Crippen molar-refractivity contribution < 1.29 is 9.53 Å². The summed E-state index contributed by atoms with van der Waals surface area (Å²) >= 11 is 5.75. The third-order valence-electron chi connectivity index (χ3n) is 2.16. The lowest BCUT2D eigenvalue weighted by Crippen LogP contribution is -2.28. The number of hydrogen-bond acceptors (Lipinski definition) is 3. The SMILES string of the molecule is CC(C)NCCOCC(=O)Nc1ccc(Cl)cc1. The Balaban J connectivity index is 2.16. The molecule has 0 aliphatic carbocycles. The van der Waals surface area contributed by atoms with E-state index in [1.54, 1.807) is 24.3 Å². The Bertz CT molecular complexity index is 366. The topological polar surface area (TPSA) is 50.4 Å². The molecule has 0 heterocycles. The van der Waals surface area contributed by atoms with Gasteiger partial charge in [0.2, 0.25) is 5.91 Å². The zero-order chi connectivity index (χ0) is 13.4. The van der Waals surface area contributed by atoms with Crippen LogP contribution in [0, 0.1) is 0 Å². The van der Waals surface area contributed by atoms with Crippen molar-refractivity contribution in [3.8, 4) is 0 Å². The number of anilines is 1. The van der Waals surface area contributed by atoms with E-state index >= 15 is 0 Å². The van der Waals surface area contributed by atoms with Crippen LogP contribution in [-0.4, -0.2) is 31.7 Å². The molecule has 0 saturated heterocycles. The van der Waals surface area contributed by atoms with Crippen LogP contribution in [0.5, 0.6) is 0 Å². The molecule has 0 unspecified atom stereocenters. The van der Waals surface area contributed by atoms with Gasteiger partial charge in [0.1, 0.15) is 6.61 Å². The van der Waals surface area contributed by atoms with Crippen molar-refractivity contribution in [1.82, 2.24) is 5.32 Å². The minimum Gasteiger partial charge on any atom is -0.370 e. The molecule has 5 heteroatoms. The average Bonchev–Trinajstić information content (AvgIpc) is 2.31. The van der Waals surface area contributed by atoms with Crippen molar-refractivity contribution in [1.29, 1.82) is 0 Å². The normalized spacial score (nSPS) is 10.7. The summed E-state index contributed by atoms with van der Waals surface area (Å²) in [4.78, 5) is 11.5. The molecule has 0 saturated carbocycles. The van der Waals surface area contributed by atoms with Gasteiger partial charge in [-0.25, -0.2) is 0 Å². The van der Waals surface area contributed by atoms with Crippen LogP contribution in [0.2, 0.25) is 5.02 Å². The number of nitrogens with one attached hydrogen (secondary N) is 2. The third kappa shape index (κ3) is 6.59. The van der Waals surface area contributed by atoms with Crippen LogP contribution in [-0.2, 0) is 9.53 Å². The van der Waals surface area contributed by atoms with E-state index in [1.807, 2.05) is 0 Å². The molecule has 0 bridgehead atoms. The molecule has 1 aromatic carbocycles. The molecule has 1 rings (SSSR count). The zero-order valence-electron chi connectivity index (χ0n) is 10.7. The summed E-state index contributed by atoms with van der Waals surface area (Å²) in [7, 11) is 0. The number of ether oxygens (including phenoxy) is 1. The molecule has 100 valence electrons. The highest BCUT2D eigenvalue weighted by Crippen LogP contribution is 2.12. The predicted molar refractivity (Wildman–Crippen MR) is 74.0 cm³/mol. The van der Waals surface area contributed by atoms with Crippen molar-refractivity contribution in [2.45, 2.75) is 19.9 Å². The molecule has 0 fully saturated rings. The van der Waals surface area contributed by atoms with Gasteiger partial charge in [0, 0.05) is 23.3 Å². The Labute approximate surface area is 113 Å². The van der Waals surface area contributed by atoms with Gasteiger partial charge in [-0.2, -0.15) is 0 Å². The first-order valence-corrected chi connectivity index (χ1v) is 6.32. The molecule has 0 aliphatic rings. The van der Waals surface area contributed by atoms with E-state index in [4.69, 9.17) is 16.3 Å². The molecule has 0 atom stereocenters. The fourth-order valence-corrected chi connectivity index (χ4v) is 1.44. The summed E-state index contributed by atoms with van der Waals surface area (Å²) < 4.78 is 5.24. The first-order chi connectivity index (χ1) is 8.58. The number of amides is 1. The third-order valence-corrected chi connectivity index (χ3v) is 2.41. The molecular weight excluding hydrogens is 252 g/mol. The number of benzene rings is 1. The zero-order valence-corrected chi connectivity index (χ0v) is 11.5. The summed E-state index contributed by atoms with van der Waals surface area (Å²) in [5.74, 6) is -0.165. The van der Waals surface area contributed by atoms with Crippen LogP contribution in [0.1, 0.15) is 13.8 Å². The minimum atomic E-state index is -0.165. The van der Waals surface area contributed by atoms with Crippen LogP contribution < -0.4 is 10.6 Å². The quantitative estimate of drug-likeness (QED) is 0.748. The molecule has 18 heavy (non-hydrogen) atoms. The van der Waals surface area contributed by atoms with Gasteiger partial charge in [0.15, 0.2) is 0 Å². The van der Waals surface area contributed by atoms with E-state index in [2.05, 4.69) is 24.5 Å². The van der Waals surface area contributed by atoms with E-state index in [1.165, 1.54) is 0 Å². The molecular formula is C13H19ClN2O2. The van der Waals surface area contributed by atoms with Gasteiger partial charge in [-0.1, -0.05) is 25.4 Å². The number of carbonyl (C=O) groups is 1. The summed E-state index contributed by atoms with van der Waals surface area (Å²) in [5, 5.41) is 6.57. The smallest absolute Gasteiger partial charge is 0.250 e. The van der Waals surface area contributed by atoms with Gasteiger partial charge in [0.25, 0.3) is 0 Å². The summed E-state index contributed by atoms with van der Waals surface area (Å²) in [5.41, 5.74) is 0.716. The van der Waals surface area contributed by atoms with E-state index < -0.39 is 0 Å². The van der Waals surface area contributed by atoms with Crippen LogP contribution in [0.15, 0.2) is 24.3 Å². The number of halogens is 1. The van der Waals surface area contributed by atoms with Crippen LogP contribution in [0.3, 0.4) is 0 Å². The number of carbonyl (C=O) groups excluding carboxylic acids is 1. The van der Waals surface area contributed by atoms with Crippen molar-refractivity contribution in [2.75, 3.05) is 25.1 Å². The van der Waals surface area contributed by atoms with Crippen LogP contribution in [0.4, 0.5) is 5.69 Å². The predicted octanol–water partition coefficient (Wildman–Crippen LogP) is 2.29. The highest BCUT2D eigenvalue weighted by molar-refractivity contribution is 6.30. The second-order valence-corrected chi connectivity index (χ2v) is 4.65. The first-order valence-electron chi connectivity index (χ1n) is 5.94. The van der Waals surface area contributed by atoms with Gasteiger partial charge >= 0.3 is 0 Å². The van der Waals surface area contributed by atoms with Gasteiger partial charge in [0.05, 0.1) is 6.61 Å². The lowest BCUT2D eigenvalue weighted by atomic mass is 10.3. The Morgan fingerprint density at radius 1 is 1.33 bits per heavy atom. The molecule has 1 aromatic rings. The van der Waals surface area contributed by atoms with Crippen molar-refractivity contribution >= 4 is 23.2 Å². The van der Waals surface area contributed by atoms with Gasteiger partial charge in [-0.3, -0.25) is 4.79 Å².